The molecule has 4 aromatic rings. The Hall–Kier alpha value is -6.18. The lowest BCUT2D eigenvalue weighted by atomic mass is 9.78. The van der Waals surface area contributed by atoms with Crippen molar-refractivity contribution in [2.75, 3.05) is 9.80 Å². The zero-order valence-electron chi connectivity index (χ0n) is 26.5. The van der Waals surface area contributed by atoms with Crippen molar-refractivity contribution in [1.82, 2.24) is 0 Å². The highest BCUT2D eigenvalue weighted by Crippen LogP contribution is 2.38. The molecule has 4 amide bonds. The van der Waals surface area contributed by atoms with Gasteiger partial charge in [0.1, 0.15) is 34.1 Å². The number of hydrogen-bond acceptors (Lipinski definition) is 6. The van der Waals surface area contributed by atoms with E-state index in [0.29, 0.717) is 32.8 Å². The maximum Gasteiger partial charge on any atom is 0.421 e. The Bertz CT molecular complexity index is 1950. The number of amides is 4. The summed E-state index contributed by atoms with van der Waals surface area (Å²) in [5, 5.41) is 0. The number of halogens is 6. The van der Waals surface area contributed by atoms with Crippen LogP contribution in [0.25, 0.3) is 0 Å². The van der Waals surface area contributed by atoms with Gasteiger partial charge >= 0.3 is 12.4 Å². The fourth-order valence-corrected chi connectivity index (χ4v) is 5.48. The predicted octanol–water partition coefficient (Wildman–Crippen LogP) is 8.32. The smallest absolute Gasteiger partial charge is 0.421 e. The van der Waals surface area contributed by atoms with Gasteiger partial charge < -0.3 is 9.47 Å². The zero-order chi connectivity index (χ0) is 36.9. The topological polar surface area (TPSA) is 93.2 Å². The third-order valence-corrected chi connectivity index (χ3v) is 8.27. The summed E-state index contributed by atoms with van der Waals surface area (Å²) >= 11 is 0. The van der Waals surface area contributed by atoms with E-state index < -0.39 is 52.5 Å². The van der Waals surface area contributed by atoms with Gasteiger partial charge in [0, 0.05) is 17.6 Å². The molecule has 6 rings (SSSR count). The molecular formula is C37H24F6N2O6. The first-order valence-corrected chi connectivity index (χ1v) is 15.0. The minimum atomic E-state index is -4.94. The minimum absolute atomic E-state index is 0.0316. The van der Waals surface area contributed by atoms with E-state index in [-0.39, 0.29) is 23.5 Å². The number of rotatable bonds is 8. The first-order valence-electron chi connectivity index (χ1n) is 15.0. The molecule has 8 nitrogen and oxygen atoms in total. The normalized spacial score (nSPS) is 15.4. The van der Waals surface area contributed by atoms with E-state index in [1.165, 1.54) is 48.5 Å². The molecule has 2 aliphatic heterocycles. The van der Waals surface area contributed by atoms with Crippen molar-refractivity contribution in [2.24, 2.45) is 0 Å². The van der Waals surface area contributed by atoms with Crippen LogP contribution in [0.4, 0.5) is 37.7 Å². The van der Waals surface area contributed by atoms with Gasteiger partial charge in [-0.1, -0.05) is 38.1 Å². The molecule has 0 radical (unpaired) electrons. The summed E-state index contributed by atoms with van der Waals surface area (Å²) in [6, 6.07) is 25.4. The molecule has 0 aliphatic carbocycles. The van der Waals surface area contributed by atoms with Gasteiger partial charge in [-0.2, -0.15) is 26.3 Å². The molecule has 0 unspecified atom stereocenters. The number of anilines is 2. The molecular weight excluding hydrogens is 682 g/mol. The summed E-state index contributed by atoms with van der Waals surface area (Å²) in [6.07, 6.45) is -9.35. The Kier molecular flexibility index (Phi) is 8.57. The second-order valence-corrected chi connectivity index (χ2v) is 11.9. The molecule has 14 heteroatoms. The monoisotopic (exact) mass is 706 g/mol. The van der Waals surface area contributed by atoms with Crippen LogP contribution in [0.15, 0.2) is 120 Å². The number of alkyl halides is 6. The molecule has 0 atom stereocenters. The Labute approximate surface area is 285 Å². The summed E-state index contributed by atoms with van der Waals surface area (Å²) < 4.78 is 89.9. The van der Waals surface area contributed by atoms with Crippen LogP contribution in [-0.2, 0) is 24.6 Å². The molecule has 0 aromatic heterocycles. The van der Waals surface area contributed by atoms with E-state index in [9.17, 15) is 45.5 Å². The van der Waals surface area contributed by atoms with E-state index in [4.69, 9.17) is 9.47 Å². The quantitative estimate of drug-likeness (QED) is 0.135. The predicted molar refractivity (Wildman–Crippen MR) is 171 cm³/mol. The van der Waals surface area contributed by atoms with Gasteiger partial charge in [-0.25, -0.2) is 9.80 Å². The first kappa shape index (κ1) is 34.7. The first-order chi connectivity index (χ1) is 23.9. The maximum absolute atomic E-state index is 13.0. The lowest BCUT2D eigenvalue weighted by Crippen LogP contribution is -2.33. The molecule has 0 bridgehead atoms. The number of hydrogen-bond donors (Lipinski definition) is 0. The molecule has 51 heavy (non-hydrogen) atoms. The van der Waals surface area contributed by atoms with Crippen LogP contribution >= 0.6 is 0 Å². The molecule has 260 valence electrons. The molecule has 0 N–H and O–H groups in total. The van der Waals surface area contributed by atoms with Crippen molar-refractivity contribution in [1.29, 1.82) is 0 Å². The summed E-state index contributed by atoms with van der Waals surface area (Å²) in [4.78, 5) is 49.4. The standard InChI is InChI=1S/C37H24F6N2O6/c1-35(2,21-3-11-25(12-4-21)50-27-15-7-23(8-16-27)44-31(46)19-29(33(44)48)36(38,39)40)22-5-13-26(14-6-22)51-28-17-9-24(10-18-28)45-32(47)20-30(34(45)49)37(41,42)43/h3-20H,1-2H3. The average molecular weight is 707 g/mol. The second-order valence-electron chi connectivity index (χ2n) is 11.9. The van der Waals surface area contributed by atoms with Crippen LogP contribution in [-0.4, -0.2) is 36.0 Å². The van der Waals surface area contributed by atoms with Crippen molar-refractivity contribution in [3.05, 3.63) is 131 Å². The van der Waals surface area contributed by atoms with E-state index in [0.717, 1.165) is 11.1 Å². The van der Waals surface area contributed by atoms with Gasteiger partial charge in [-0.05, 0) is 83.9 Å². The Morgan fingerprint density at radius 3 is 0.980 bits per heavy atom. The summed E-state index contributed by atoms with van der Waals surface area (Å²) in [5.74, 6) is -3.50. The minimum Gasteiger partial charge on any atom is -0.457 e. The fourth-order valence-electron chi connectivity index (χ4n) is 5.48. The Morgan fingerprint density at radius 2 is 0.725 bits per heavy atom. The summed E-state index contributed by atoms with van der Waals surface area (Å²) in [5.41, 5.74) is -1.74. The van der Waals surface area contributed by atoms with Crippen molar-refractivity contribution in [3.8, 4) is 23.0 Å². The van der Waals surface area contributed by atoms with Crippen LogP contribution in [0.3, 0.4) is 0 Å². The highest BCUT2D eigenvalue weighted by molar-refractivity contribution is 6.31. The molecule has 0 spiro atoms. The number of nitrogens with zero attached hydrogens (tertiary/aromatic N) is 2. The fraction of sp³-hybridized carbons (Fsp3) is 0.135. The van der Waals surface area contributed by atoms with E-state index >= 15 is 0 Å². The average Bonchev–Trinajstić information content (AvgIpc) is 3.56. The number of carbonyl (C=O) groups is 4. The van der Waals surface area contributed by atoms with Gasteiger partial charge in [-0.3, -0.25) is 19.2 Å². The van der Waals surface area contributed by atoms with E-state index in [2.05, 4.69) is 0 Å². The van der Waals surface area contributed by atoms with E-state index in [1.807, 2.05) is 38.1 Å². The third kappa shape index (κ3) is 6.84. The highest BCUT2D eigenvalue weighted by atomic mass is 19.4. The molecule has 0 saturated heterocycles. The summed E-state index contributed by atoms with van der Waals surface area (Å²) in [7, 11) is 0. The van der Waals surface area contributed by atoms with Gasteiger partial charge in [-0.15, -0.1) is 0 Å². The number of benzene rings is 4. The van der Waals surface area contributed by atoms with Crippen LogP contribution < -0.4 is 19.3 Å². The largest absolute Gasteiger partial charge is 0.457 e. The van der Waals surface area contributed by atoms with Gasteiger partial charge in [0.15, 0.2) is 0 Å². The Morgan fingerprint density at radius 1 is 0.451 bits per heavy atom. The number of imide groups is 2. The van der Waals surface area contributed by atoms with Crippen LogP contribution in [0.2, 0.25) is 0 Å². The second kappa shape index (κ2) is 12.6. The third-order valence-electron chi connectivity index (χ3n) is 8.27. The molecule has 2 heterocycles. The maximum atomic E-state index is 13.0. The van der Waals surface area contributed by atoms with Gasteiger partial charge in [0.25, 0.3) is 23.6 Å². The molecule has 2 aliphatic rings. The lowest BCUT2D eigenvalue weighted by molar-refractivity contribution is -0.130. The zero-order valence-corrected chi connectivity index (χ0v) is 26.5. The molecule has 4 aromatic carbocycles. The van der Waals surface area contributed by atoms with Gasteiger partial charge in [0.05, 0.1) is 11.4 Å². The highest BCUT2D eigenvalue weighted by Gasteiger charge is 2.48. The van der Waals surface area contributed by atoms with Crippen LogP contribution in [0, 0.1) is 0 Å². The number of carbonyl (C=O) groups excluding carboxylic acids is 4. The van der Waals surface area contributed by atoms with Crippen LogP contribution in [0.5, 0.6) is 23.0 Å². The van der Waals surface area contributed by atoms with Crippen molar-refractivity contribution in [2.45, 2.75) is 31.6 Å². The Balaban J connectivity index is 1.07. The van der Waals surface area contributed by atoms with Crippen molar-refractivity contribution < 1.29 is 55.0 Å². The van der Waals surface area contributed by atoms with Gasteiger partial charge in [0.2, 0.25) is 0 Å². The summed E-state index contributed by atoms with van der Waals surface area (Å²) in [6.45, 7) is 4.02. The molecule has 0 saturated carbocycles. The van der Waals surface area contributed by atoms with Crippen molar-refractivity contribution >= 4 is 35.0 Å². The van der Waals surface area contributed by atoms with Crippen molar-refractivity contribution in [3.63, 3.8) is 0 Å². The SMILES string of the molecule is CC(C)(c1ccc(Oc2ccc(N3C(=O)C=C(C(F)(F)F)C3=O)cc2)cc1)c1ccc(Oc2ccc(N3C(=O)C=C(C(F)(F)F)C3=O)cc2)cc1. The lowest BCUT2D eigenvalue weighted by Gasteiger charge is -2.26. The number of ether oxygens (including phenoxy) is 2. The molecule has 0 fully saturated rings. The van der Waals surface area contributed by atoms with E-state index in [1.54, 1.807) is 24.3 Å². The van der Waals surface area contributed by atoms with Crippen LogP contribution in [0.1, 0.15) is 25.0 Å².